The molecule has 1 fully saturated rings. The molecule has 1 aliphatic rings. The summed E-state index contributed by atoms with van der Waals surface area (Å²) in [7, 11) is 0. The van der Waals surface area contributed by atoms with Gasteiger partial charge in [0.2, 0.25) is 0 Å². The van der Waals surface area contributed by atoms with Crippen LogP contribution in [0.2, 0.25) is 0 Å². The predicted octanol–water partition coefficient (Wildman–Crippen LogP) is 2.91. The summed E-state index contributed by atoms with van der Waals surface area (Å²) in [5, 5.41) is 1.12. The Hall–Kier alpha value is -1.13. The van der Waals surface area contributed by atoms with Crippen LogP contribution in [-0.4, -0.2) is 30.3 Å². The van der Waals surface area contributed by atoms with Crippen LogP contribution in [0.25, 0.3) is 10.2 Å². The highest BCUT2D eigenvalue weighted by molar-refractivity contribution is 7.22. The van der Waals surface area contributed by atoms with Gasteiger partial charge >= 0.3 is 0 Å². The second kappa shape index (κ2) is 4.27. The highest BCUT2D eigenvalue weighted by Gasteiger charge is 2.24. The second-order valence-electron chi connectivity index (χ2n) is 4.63. The minimum absolute atomic E-state index is 0.283. The van der Waals surface area contributed by atoms with Crippen molar-refractivity contribution in [3.63, 3.8) is 0 Å². The number of thiazole rings is 1. The molecule has 2 atom stereocenters. The first-order chi connectivity index (χ1) is 8.22. The van der Waals surface area contributed by atoms with Crippen molar-refractivity contribution in [1.82, 2.24) is 4.98 Å². The molecule has 1 aromatic heterocycles. The number of hydrogen-bond donors (Lipinski definition) is 0. The number of benzene rings is 1. The Bertz CT molecular complexity index is 482. The highest BCUT2D eigenvalue weighted by atomic mass is 32.1. The maximum Gasteiger partial charge on any atom is 0.186 e. The smallest absolute Gasteiger partial charge is 0.186 e. The first kappa shape index (κ1) is 11.0. The lowest BCUT2D eigenvalue weighted by Gasteiger charge is -2.35. The first-order valence-electron chi connectivity index (χ1n) is 5.98. The van der Waals surface area contributed by atoms with E-state index in [1.54, 1.807) is 11.3 Å². The molecule has 3 rings (SSSR count). The van der Waals surface area contributed by atoms with E-state index >= 15 is 0 Å². The number of para-hydroxylation sites is 1. The summed E-state index contributed by atoms with van der Waals surface area (Å²) in [6.07, 6.45) is 0.566. The van der Waals surface area contributed by atoms with Crippen molar-refractivity contribution in [3.05, 3.63) is 24.3 Å². The van der Waals surface area contributed by atoms with Crippen LogP contribution >= 0.6 is 11.3 Å². The molecule has 1 aliphatic heterocycles. The Morgan fingerprint density at radius 3 is 2.65 bits per heavy atom. The van der Waals surface area contributed by atoms with Crippen LogP contribution in [0.5, 0.6) is 0 Å². The van der Waals surface area contributed by atoms with Gasteiger partial charge in [0, 0.05) is 13.1 Å². The molecule has 0 saturated carbocycles. The monoisotopic (exact) mass is 248 g/mol. The topological polar surface area (TPSA) is 25.4 Å². The fourth-order valence-corrected chi connectivity index (χ4v) is 3.31. The number of ether oxygens (including phenoxy) is 1. The van der Waals surface area contributed by atoms with E-state index in [1.165, 1.54) is 4.70 Å². The zero-order valence-corrected chi connectivity index (χ0v) is 10.9. The van der Waals surface area contributed by atoms with Gasteiger partial charge in [-0.15, -0.1) is 0 Å². The SMILES string of the molecule is C[C@@H]1CN(c2nc3ccccc3s2)C[C@@H](C)O1. The van der Waals surface area contributed by atoms with Crippen LogP contribution in [0.4, 0.5) is 5.13 Å². The Labute approximate surface area is 105 Å². The van der Waals surface area contributed by atoms with Gasteiger partial charge < -0.3 is 9.64 Å². The number of aromatic nitrogens is 1. The molecule has 0 unspecified atom stereocenters. The average molecular weight is 248 g/mol. The van der Waals surface area contributed by atoms with E-state index in [-0.39, 0.29) is 12.2 Å². The van der Waals surface area contributed by atoms with Gasteiger partial charge in [-0.25, -0.2) is 4.98 Å². The van der Waals surface area contributed by atoms with E-state index in [0.29, 0.717) is 0 Å². The molecule has 0 N–H and O–H groups in total. The van der Waals surface area contributed by atoms with Crippen molar-refractivity contribution in [2.45, 2.75) is 26.1 Å². The van der Waals surface area contributed by atoms with Crippen LogP contribution in [-0.2, 0) is 4.74 Å². The van der Waals surface area contributed by atoms with Crippen LogP contribution in [0.15, 0.2) is 24.3 Å². The maximum absolute atomic E-state index is 5.75. The number of morpholine rings is 1. The lowest BCUT2D eigenvalue weighted by atomic mass is 10.2. The number of anilines is 1. The lowest BCUT2D eigenvalue weighted by molar-refractivity contribution is -0.00521. The largest absolute Gasteiger partial charge is 0.372 e. The zero-order chi connectivity index (χ0) is 11.8. The third-order valence-electron chi connectivity index (χ3n) is 2.97. The molecule has 0 radical (unpaired) electrons. The molecule has 0 aliphatic carbocycles. The van der Waals surface area contributed by atoms with E-state index in [4.69, 9.17) is 9.72 Å². The molecule has 0 amide bonds. The molecule has 2 aromatic rings. The molecule has 2 heterocycles. The summed E-state index contributed by atoms with van der Waals surface area (Å²) in [5.74, 6) is 0. The standard InChI is InChI=1S/C13H16N2OS/c1-9-7-15(8-10(2)16-9)13-14-11-5-3-4-6-12(11)17-13/h3-6,9-10H,7-8H2,1-2H3/t9-,10-/m1/s1. The minimum Gasteiger partial charge on any atom is -0.372 e. The molecular formula is C13H16N2OS. The van der Waals surface area contributed by atoms with E-state index in [2.05, 4.69) is 36.9 Å². The van der Waals surface area contributed by atoms with Gasteiger partial charge in [0.25, 0.3) is 0 Å². The summed E-state index contributed by atoms with van der Waals surface area (Å²) in [5.41, 5.74) is 1.10. The summed E-state index contributed by atoms with van der Waals surface area (Å²) >= 11 is 1.77. The van der Waals surface area contributed by atoms with Gasteiger partial charge in [-0.3, -0.25) is 0 Å². The molecule has 4 heteroatoms. The molecule has 17 heavy (non-hydrogen) atoms. The van der Waals surface area contributed by atoms with Crippen molar-refractivity contribution < 1.29 is 4.74 Å². The molecule has 1 saturated heterocycles. The van der Waals surface area contributed by atoms with Crippen LogP contribution in [0.3, 0.4) is 0 Å². The Kier molecular flexibility index (Phi) is 2.76. The average Bonchev–Trinajstić information content (AvgIpc) is 2.71. The zero-order valence-electron chi connectivity index (χ0n) is 10.1. The first-order valence-corrected chi connectivity index (χ1v) is 6.80. The number of fused-ring (bicyclic) bond motifs is 1. The summed E-state index contributed by atoms with van der Waals surface area (Å²) in [4.78, 5) is 7.03. The van der Waals surface area contributed by atoms with Gasteiger partial charge in [0.1, 0.15) is 0 Å². The van der Waals surface area contributed by atoms with Gasteiger partial charge in [-0.05, 0) is 26.0 Å². The van der Waals surface area contributed by atoms with Crippen molar-refractivity contribution in [2.24, 2.45) is 0 Å². The van der Waals surface area contributed by atoms with E-state index in [1.807, 2.05) is 6.07 Å². The maximum atomic E-state index is 5.75. The van der Waals surface area contributed by atoms with E-state index < -0.39 is 0 Å². The Morgan fingerprint density at radius 1 is 1.24 bits per heavy atom. The fourth-order valence-electron chi connectivity index (χ4n) is 2.33. The number of hydrogen-bond acceptors (Lipinski definition) is 4. The van der Waals surface area contributed by atoms with Gasteiger partial charge in [0.15, 0.2) is 5.13 Å². The lowest BCUT2D eigenvalue weighted by Crippen LogP contribution is -2.45. The number of rotatable bonds is 1. The Morgan fingerprint density at radius 2 is 1.94 bits per heavy atom. The van der Waals surface area contributed by atoms with Crippen LogP contribution < -0.4 is 4.90 Å². The van der Waals surface area contributed by atoms with Crippen molar-refractivity contribution in [3.8, 4) is 0 Å². The van der Waals surface area contributed by atoms with Gasteiger partial charge in [0.05, 0.1) is 22.4 Å². The van der Waals surface area contributed by atoms with Crippen molar-refractivity contribution in [1.29, 1.82) is 0 Å². The molecular weight excluding hydrogens is 232 g/mol. The summed E-state index contributed by atoms with van der Waals surface area (Å²) in [6, 6.07) is 8.30. The summed E-state index contributed by atoms with van der Waals surface area (Å²) < 4.78 is 7.01. The van der Waals surface area contributed by atoms with E-state index in [9.17, 15) is 0 Å². The van der Waals surface area contributed by atoms with Crippen LogP contribution in [0, 0.1) is 0 Å². The summed E-state index contributed by atoms with van der Waals surface area (Å²) in [6.45, 7) is 6.11. The third-order valence-corrected chi connectivity index (χ3v) is 4.07. The molecule has 3 nitrogen and oxygen atoms in total. The van der Waals surface area contributed by atoms with Crippen molar-refractivity contribution in [2.75, 3.05) is 18.0 Å². The normalized spacial score (nSPS) is 25.4. The Balaban J connectivity index is 1.92. The molecule has 90 valence electrons. The number of nitrogens with zero attached hydrogens (tertiary/aromatic N) is 2. The fraction of sp³-hybridized carbons (Fsp3) is 0.462. The highest BCUT2D eigenvalue weighted by Crippen LogP contribution is 2.30. The minimum atomic E-state index is 0.283. The van der Waals surface area contributed by atoms with Crippen molar-refractivity contribution >= 4 is 26.7 Å². The predicted molar refractivity (Wildman–Crippen MR) is 71.8 cm³/mol. The molecule has 1 aromatic carbocycles. The van der Waals surface area contributed by atoms with Gasteiger partial charge in [-0.1, -0.05) is 23.5 Å². The second-order valence-corrected chi connectivity index (χ2v) is 5.64. The third kappa shape index (κ3) is 2.15. The quantitative estimate of drug-likeness (QED) is 0.776. The molecule has 0 spiro atoms. The van der Waals surface area contributed by atoms with Gasteiger partial charge in [-0.2, -0.15) is 0 Å². The van der Waals surface area contributed by atoms with E-state index in [0.717, 1.165) is 23.7 Å². The molecule has 0 bridgehead atoms. The van der Waals surface area contributed by atoms with Crippen LogP contribution in [0.1, 0.15) is 13.8 Å².